The second-order valence-corrected chi connectivity index (χ2v) is 4.05. The van der Waals surface area contributed by atoms with Gasteiger partial charge in [-0.2, -0.15) is 0 Å². The Morgan fingerprint density at radius 3 is 2.93 bits per heavy atom. The van der Waals surface area contributed by atoms with E-state index < -0.39 is 0 Å². The number of ether oxygens (including phenoxy) is 1. The lowest BCUT2D eigenvalue weighted by molar-refractivity contribution is -0.121. The minimum Gasteiger partial charge on any atom is -0.409 e. The van der Waals surface area contributed by atoms with Crippen LogP contribution in [0.25, 0.3) is 0 Å². The van der Waals surface area contributed by atoms with E-state index in [2.05, 4.69) is 10.5 Å². The first-order valence-corrected chi connectivity index (χ1v) is 5.10. The van der Waals surface area contributed by atoms with Crippen LogP contribution >= 0.6 is 0 Å². The zero-order chi connectivity index (χ0) is 10.8. The van der Waals surface area contributed by atoms with Crippen molar-refractivity contribution in [3.8, 4) is 0 Å². The van der Waals surface area contributed by atoms with Crippen LogP contribution in [0, 0.1) is 0 Å². The highest BCUT2D eigenvalue weighted by Gasteiger charge is 2.41. The SMILES string of the molecule is NC(CC(=O)NC1CC2CCC1O2)=NO. The Labute approximate surface area is 87.5 Å². The van der Waals surface area contributed by atoms with E-state index in [1.807, 2.05) is 0 Å². The Kier molecular flexibility index (Phi) is 2.77. The zero-order valence-electron chi connectivity index (χ0n) is 8.35. The van der Waals surface area contributed by atoms with Gasteiger partial charge in [0.1, 0.15) is 5.84 Å². The van der Waals surface area contributed by atoms with Crippen molar-refractivity contribution in [1.29, 1.82) is 0 Å². The van der Waals surface area contributed by atoms with Gasteiger partial charge in [-0.1, -0.05) is 5.16 Å². The van der Waals surface area contributed by atoms with Crippen molar-refractivity contribution in [2.75, 3.05) is 0 Å². The maximum absolute atomic E-state index is 11.4. The van der Waals surface area contributed by atoms with Gasteiger partial charge in [0.25, 0.3) is 0 Å². The topological polar surface area (TPSA) is 96.9 Å². The first kappa shape index (κ1) is 10.2. The summed E-state index contributed by atoms with van der Waals surface area (Å²) in [5.74, 6) is -0.289. The molecule has 1 amide bonds. The van der Waals surface area contributed by atoms with E-state index in [4.69, 9.17) is 15.7 Å². The molecule has 0 aromatic heterocycles. The average molecular weight is 213 g/mol. The van der Waals surface area contributed by atoms with Crippen molar-refractivity contribution >= 4 is 11.7 Å². The lowest BCUT2D eigenvalue weighted by Gasteiger charge is -2.19. The van der Waals surface area contributed by atoms with E-state index in [1.165, 1.54) is 0 Å². The quantitative estimate of drug-likeness (QED) is 0.256. The van der Waals surface area contributed by atoms with E-state index in [9.17, 15) is 4.79 Å². The van der Waals surface area contributed by atoms with Gasteiger partial charge in [-0.05, 0) is 19.3 Å². The molecule has 6 heteroatoms. The number of fused-ring (bicyclic) bond motifs is 2. The molecule has 84 valence electrons. The van der Waals surface area contributed by atoms with E-state index >= 15 is 0 Å². The second kappa shape index (κ2) is 4.06. The third-order valence-corrected chi connectivity index (χ3v) is 2.92. The van der Waals surface area contributed by atoms with Crippen molar-refractivity contribution in [2.45, 2.75) is 43.9 Å². The summed E-state index contributed by atoms with van der Waals surface area (Å²) in [5.41, 5.74) is 5.23. The fourth-order valence-electron chi connectivity index (χ4n) is 2.25. The van der Waals surface area contributed by atoms with Gasteiger partial charge in [0, 0.05) is 0 Å². The molecule has 3 atom stereocenters. The molecule has 2 bridgehead atoms. The molecular weight excluding hydrogens is 198 g/mol. The van der Waals surface area contributed by atoms with Gasteiger partial charge in [0.15, 0.2) is 0 Å². The van der Waals surface area contributed by atoms with Crippen LogP contribution in [0.5, 0.6) is 0 Å². The number of amidine groups is 1. The zero-order valence-corrected chi connectivity index (χ0v) is 8.35. The average Bonchev–Trinajstić information content (AvgIpc) is 2.78. The third kappa shape index (κ3) is 2.20. The summed E-state index contributed by atoms with van der Waals surface area (Å²) in [6, 6.07) is 0.0998. The van der Waals surface area contributed by atoms with Crippen LogP contribution in [-0.2, 0) is 9.53 Å². The van der Waals surface area contributed by atoms with Gasteiger partial charge in [0.2, 0.25) is 5.91 Å². The predicted octanol–water partition coefficient (Wildman–Crippen LogP) is -0.441. The maximum Gasteiger partial charge on any atom is 0.228 e. The van der Waals surface area contributed by atoms with Crippen LogP contribution in [0.3, 0.4) is 0 Å². The highest BCUT2D eigenvalue weighted by molar-refractivity contribution is 5.98. The molecule has 0 aliphatic carbocycles. The van der Waals surface area contributed by atoms with Crippen molar-refractivity contribution in [1.82, 2.24) is 5.32 Å². The molecule has 0 saturated carbocycles. The Hall–Kier alpha value is -1.30. The number of carbonyl (C=O) groups is 1. The number of nitrogens with zero attached hydrogens (tertiary/aromatic N) is 1. The van der Waals surface area contributed by atoms with Crippen LogP contribution in [-0.4, -0.2) is 35.2 Å². The molecule has 2 rings (SSSR count). The lowest BCUT2D eigenvalue weighted by Crippen LogP contribution is -2.42. The molecular formula is C9H15N3O3. The summed E-state index contributed by atoms with van der Waals surface area (Å²) < 4.78 is 5.59. The molecule has 15 heavy (non-hydrogen) atoms. The normalized spacial score (nSPS) is 34.4. The number of carbonyl (C=O) groups excluding carboxylic acids is 1. The highest BCUT2D eigenvalue weighted by Crippen LogP contribution is 2.34. The van der Waals surface area contributed by atoms with Gasteiger partial charge in [-0.3, -0.25) is 4.79 Å². The largest absolute Gasteiger partial charge is 0.409 e. The Morgan fingerprint density at radius 2 is 2.40 bits per heavy atom. The summed E-state index contributed by atoms with van der Waals surface area (Å²) in [7, 11) is 0. The van der Waals surface area contributed by atoms with E-state index in [1.54, 1.807) is 0 Å². The molecule has 2 fully saturated rings. The minimum atomic E-state index is -0.216. The van der Waals surface area contributed by atoms with E-state index in [-0.39, 0.29) is 30.3 Å². The van der Waals surface area contributed by atoms with Crippen molar-refractivity contribution < 1.29 is 14.7 Å². The van der Waals surface area contributed by atoms with E-state index in [0.717, 1.165) is 19.3 Å². The van der Waals surface area contributed by atoms with Gasteiger partial charge in [0.05, 0.1) is 24.7 Å². The Balaban J connectivity index is 1.80. The molecule has 4 N–H and O–H groups in total. The van der Waals surface area contributed by atoms with Crippen LogP contribution in [0.15, 0.2) is 5.16 Å². The van der Waals surface area contributed by atoms with Gasteiger partial charge in [-0.15, -0.1) is 0 Å². The number of rotatable bonds is 3. The van der Waals surface area contributed by atoms with Crippen LogP contribution in [0.1, 0.15) is 25.7 Å². The molecule has 2 saturated heterocycles. The first-order valence-electron chi connectivity index (χ1n) is 5.10. The second-order valence-electron chi connectivity index (χ2n) is 4.05. The molecule has 3 unspecified atom stereocenters. The predicted molar refractivity (Wildman–Crippen MR) is 52.5 cm³/mol. The van der Waals surface area contributed by atoms with E-state index in [0.29, 0.717) is 6.10 Å². The van der Waals surface area contributed by atoms with Crippen molar-refractivity contribution in [3.05, 3.63) is 0 Å². The molecule has 6 nitrogen and oxygen atoms in total. The first-order chi connectivity index (χ1) is 7.19. The van der Waals surface area contributed by atoms with Gasteiger partial charge in [-0.25, -0.2) is 0 Å². The molecule has 2 heterocycles. The maximum atomic E-state index is 11.4. The summed E-state index contributed by atoms with van der Waals surface area (Å²) in [6.45, 7) is 0. The fraction of sp³-hybridized carbons (Fsp3) is 0.778. The van der Waals surface area contributed by atoms with Crippen LogP contribution < -0.4 is 11.1 Å². The molecule has 0 aromatic rings. The Morgan fingerprint density at radius 1 is 1.60 bits per heavy atom. The summed E-state index contributed by atoms with van der Waals surface area (Å²) in [4.78, 5) is 11.4. The molecule has 0 spiro atoms. The summed E-state index contributed by atoms with van der Waals surface area (Å²) in [5, 5.41) is 13.9. The number of oxime groups is 1. The van der Waals surface area contributed by atoms with Crippen LogP contribution in [0.2, 0.25) is 0 Å². The molecule has 0 radical (unpaired) electrons. The molecule has 2 aliphatic heterocycles. The smallest absolute Gasteiger partial charge is 0.228 e. The number of amides is 1. The Bertz CT molecular complexity index is 292. The number of nitrogens with one attached hydrogen (secondary N) is 1. The third-order valence-electron chi connectivity index (χ3n) is 2.92. The van der Waals surface area contributed by atoms with Crippen molar-refractivity contribution in [2.24, 2.45) is 10.9 Å². The van der Waals surface area contributed by atoms with Gasteiger partial charge >= 0.3 is 0 Å². The lowest BCUT2D eigenvalue weighted by atomic mass is 9.95. The standard InChI is InChI=1S/C9H15N3O3/c10-8(12-14)4-9(13)11-6-3-5-1-2-7(6)15-5/h5-7,14H,1-4H2,(H2,10,12)(H,11,13). The van der Waals surface area contributed by atoms with Gasteiger partial charge < -0.3 is 21.0 Å². The number of hydrogen-bond donors (Lipinski definition) is 3. The number of nitrogens with two attached hydrogens (primary N) is 1. The molecule has 2 aliphatic rings. The summed E-state index contributed by atoms with van der Waals surface area (Å²) >= 11 is 0. The van der Waals surface area contributed by atoms with Crippen LogP contribution in [0.4, 0.5) is 0 Å². The summed E-state index contributed by atoms with van der Waals surface area (Å²) in [6.07, 6.45) is 3.39. The fourth-order valence-corrected chi connectivity index (χ4v) is 2.25. The minimum absolute atomic E-state index is 0.0651. The monoisotopic (exact) mass is 213 g/mol. The van der Waals surface area contributed by atoms with Crippen molar-refractivity contribution in [3.63, 3.8) is 0 Å². The number of hydrogen-bond acceptors (Lipinski definition) is 4. The highest BCUT2D eigenvalue weighted by atomic mass is 16.5. The molecule has 0 aromatic carbocycles.